The molecule has 1 aromatic heterocycles. The van der Waals surface area contributed by atoms with Crippen LogP contribution in [0.4, 0.5) is 0 Å². The predicted molar refractivity (Wildman–Crippen MR) is 105 cm³/mol. The quantitative estimate of drug-likeness (QED) is 0.541. The number of carbonyl (C=O) groups excluding carboxylic acids is 1. The van der Waals surface area contributed by atoms with Gasteiger partial charge in [0.1, 0.15) is 12.0 Å². The summed E-state index contributed by atoms with van der Waals surface area (Å²) in [5.41, 5.74) is -0.359. The Labute approximate surface area is 165 Å². The van der Waals surface area contributed by atoms with Crippen LogP contribution in [-0.4, -0.2) is 42.5 Å². The van der Waals surface area contributed by atoms with Crippen LogP contribution >= 0.6 is 11.3 Å². The van der Waals surface area contributed by atoms with Gasteiger partial charge in [-0.15, -0.1) is 0 Å². The third kappa shape index (κ3) is 4.07. The summed E-state index contributed by atoms with van der Waals surface area (Å²) in [4.78, 5) is 16.8. The highest BCUT2D eigenvalue weighted by molar-refractivity contribution is 7.11. The van der Waals surface area contributed by atoms with Crippen molar-refractivity contribution in [3.8, 4) is 5.19 Å². The molecular weight excluding hydrogens is 365 g/mol. The fourth-order valence-corrected chi connectivity index (χ4v) is 3.75. The average molecular weight is 393 g/mol. The third-order valence-corrected chi connectivity index (χ3v) is 6.48. The SMILES string of the molecule is CCOC(=O)C1(COc2nccs2)CC=C(B2OC(C)(C)C(C)(C)O2)CC1. The van der Waals surface area contributed by atoms with Crippen molar-refractivity contribution in [3.05, 3.63) is 23.1 Å². The van der Waals surface area contributed by atoms with Gasteiger partial charge in [-0.1, -0.05) is 17.4 Å². The van der Waals surface area contributed by atoms with Gasteiger partial charge in [0.2, 0.25) is 0 Å². The maximum atomic E-state index is 12.7. The summed E-state index contributed by atoms with van der Waals surface area (Å²) < 4.78 is 23.5. The van der Waals surface area contributed by atoms with E-state index in [0.717, 1.165) is 5.47 Å². The topological polar surface area (TPSA) is 66.9 Å². The van der Waals surface area contributed by atoms with Crippen LogP contribution in [0.5, 0.6) is 5.19 Å². The summed E-state index contributed by atoms with van der Waals surface area (Å²) in [6, 6.07) is 0. The fourth-order valence-electron chi connectivity index (χ4n) is 3.26. The molecule has 0 radical (unpaired) electrons. The average Bonchev–Trinajstić information content (AvgIpc) is 3.20. The monoisotopic (exact) mass is 393 g/mol. The number of nitrogens with zero attached hydrogens (tertiary/aromatic N) is 1. The second kappa shape index (κ2) is 7.56. The lowest BCUT2D eigenvalue weighted by molar-refractivity contribution is -0.158. The van der Waals surface area contributed by atoms with Gasteiger partial charge in [-0.3, -0.25) is 4.79 Å². The van der Waals surface area contributed by atoms with Crippen molar-refractivity contribution in [2.75, 3.05) is 13.2 Å². The largest absolute Gasteiger partial charge is 0.490 e. The Morgan fingerprint density at radius 3 is 2.52 bits per heavy atom. The summed E-state index contributed by atoms with van der Waals surface area (Å²) in [7, 11) is -0.366. The Morgan fingerprint density at radius 1 is 1.30 bits per heavy atom. The van der Waals surface area contributed by atoms with Gasteiger partial charge < -0.3 is 18.8 Å². The van der Waals surface area contributed by atoms with Crippen LogP contribution in [0, 0.1) is 5.41 Å². The number of allylic oxidation sites excluding steroid dienone is 2. The molecule has 1 saturated heterocycles. The maximum Gasteiger partial charge on any atom is 0.490 e. The summed E-state index contributed by atoms with van der Waals surface area (Å²) in [6.45, 7) is 10.6. The minimum atomic E-state index is -0.700. The fraction of sp³-hybridized carbons (Fsp3) is 0.684. The zero-order valence-corrected chi connectivity index (χ0v) is 17.6. The van der Waals surface area contributed by atoms with E-state index in [1.165, 1.54) is 11.3 Å². The lowest BCUT2D eigenvalue weighted by Gasteiger charge is -2.33. The van der Waals surface area contributed by atoms with Crippen LogP contribution < -0.4 is 4.74 Å². The molecule has 0 saturated carbocycles. The van der Waals surface area contributed by atoms with E-state index in [0.29, 0.717) is 31.1 Å². The van der Waals surface area contributed by atoms with Crippen molar-refractivity contribution in [2.45, 2.75) is 65.1 Å². The molecule has 0 N–H and O–H groups in total. The van der Waals surface area contributed by atoms with E-state index >= 15 is 0 Å². The first-order chi connectivity index (χ1) is 12.7. The number of esters is 1. The van der Waals surface area contributed by atoms with Crippen molar-refractivity contribution in [1.82, 2.24) is 4.98 Å². The van der Waals surface area contributed by atoms with Crippen molar-refractivity contribution < 1.29 is 23.6 Å². The molecule has 1 aliphatic carbocycles. The van der Waals surface area contributed by atoms with Crippen LogP contribution in [0.15, 0.2) is 23.1 Å². The first kappa shape index (κ1) is 20.4. The van der Waals surface area contributed by atoms with Gasteiger partial charge in [-0.2, -0.15) is 0 Å². The van der Waals surface area contributed by atoms with Crippen molar-refractivity contribution in [1.29, 1.82) is 0 Å². The Kier molecular flexibility index (Phi) is 5.70. The summed E-state index contributed by atoms with van der Waals surface area (Å²) in [5.74, 6) is -0.217. The summed E-state index contributed by atoms with van der Waals surface area (Å²) in [6.07, 6.45) is 5.63. The molecule has 2 heterocycles. The highest BCUT2D eigenvalue weighted by Gasteiger charge is 2.53. The number of carbonyl (C=O) groups is 1. The molecule has 0 bridgehead atoms. The number of ether oxygens (including phenoxy) is 2. The maximum absolute atomic E-state index is 12.7. The van der Waals surface area contributed by atoms with Crippen molar-refractivity contribution >= 4 is 24.4 Å². The lowest BCUT2D eigenvalue weighted by Crippen LogP contribution is -2.41. The molecule has 148 valence electrons. The molecule has 0 spiro atoms. The summed E-state index contributed by atoms with van der Waals surface area (Å²) >= 11 is 1.41. The second-order valence-electron chi connectivity index (χ2n) is 8.16. The Hall–Kier alpha value is -1.38. The van der Waals surface area contributed by atoms with Gasteiger partial charge in [-0.05, 0) is 59.4 Å². The molecule has 8 heteroatoms. The van der Waals surface area contributed by atoms with Crippen LogP contribution in [0.25, 0.3) is 0 Å². The lowest BCUT2D eigenvalue weighted by atomic mass is 9.66. The smallest absolute Gasteiger partial charge is 0.469 e. The zero-order valence-electron chi connectivity index (χ0n) is 16.7. The first-order valence-electron chi connectivity index (χ1n) is 9.43. The Morgan fingerprint density at radius 2 is 2.00 bits per heavy atom. The van der Waals surface area contributed by atoms with Gasteiger partial charge in [0.05, 0.1) is 17.8 Å². The van der Waals surface area contributed by atoms with Gasteiger partial charge in [0, 0.05) is 11.6 Å². The molecule has 1 atom stereocenters. The number of rotatable bonds is 6. The van der Waals surface area contributed by atoms with Crippen LogP contribution in [-0.2, 0) is 18.8 Å². The Bertz CT molecular complexity index is 687. The van der Waals surface area contributed by atoms with Gasteiger partial charge in [0.25, 0.3) is 5.19 Å². The van der Waals surface area contributed by atoms with E-state index in [1.807, 2.05) is 40.0 Å². The molecule has 1 aliphatic heterocycles. The summed E-state index contributed by atoms with van der Waals surface area (Å²) in [5, 5.41) is 2.42. The molecule has 0 aromatic carbocycles. The van der Waals surface area contributed by atoms with E-state index in [9.17, 15) is 4.79 Å². The van der Waals surface area contributed by atoms with Crippen molar-refractivity contribution in [3.63, 3.8) is 0 Å². The minimum absolute atomic E-state index is 0.217. The first-order valence-corrected chi connectivity index (χ1v) is 10.3. The molecule has 27 heavy (non-hydrogen) atoms. The second-order valence-corrected chi connectivity index (χ2v) is 9.02. The van der Waals surface area contributed by atoms with Gasteiger partial charge in [0.15, 0.2) is 0 Å². The molecule has 0 amide bonds. The molecule has 2 aliphatic rings. The number of hydrogen-bond acceptors (Lipinski definition) is 7. The van der Waals surface area contributed by atoms with Crippen molar-refractivity contribution in [2.24, 2.45) is 5.41 Å². The third-order valence-electron chi connectivity index (χ3n) is 5.79. The van der Waals surface area contributed by atoms with E-state index in [-0.39, 0.29) is 30.9 Å². The van der Waals surface area contributed by atoms with Gasteiger partial charge >= 0.3 is 13.1 Å². The van der Waals surface area contributed by atoms with E-state index in [4.69, 9.17) is 18.8 Å². The number of aromatic nitrogens is 1. The van der Waals surface area contributed by atoms with Crippen LogP contribution in [0.2, 0.25) is 0 Å². The molecule has 3 rings (SSSR count). The minimum Gasteiger partial charge on any atom is -0.469 e. The molecule has 1 unspecified atom stereocenters. The Balaban J connectivity index is 1.73. The molecule has 6 nitrogen and oxygen atoms in total. The van der Waals surface area contributed by atoms with E-state index in [1.54, 1.807) is 6.20 Å². The normalized spacial score (nSPS) is 26.6. The van der Waals surface area contributed by atoms with Crippen LogP contribution in [0.3, 0.4) is 0 Å². The number of thiazole rings is 1. The number of hydrogen-bond donors (Lipinski definition) is 0. The highest BCUT2D eigenvalue weighted by Crippen LogP contribution is 2.43. The highest BCUT2D eigenvalue weighted by atomic mass is 32.1. The van der Waals surface area contributed by atoms with Gasteiger partial charge in [-0.25, -0.2) is 4.98 Å². The van der Waals surface area contributed by atoms with E-state index < -0.39 is 5.41 Å². The van der Waals surface area contributed by atoms with E-state index in [2.05, 4.69) is 11.1 Å². The predicted octanol–water partition coefficient (Wildman–Crippen LogP) is 3.81. The molecular formula is C19H28BNO5S. The zero-order chi connectivity index (χ0) is 19.7. The molecule has 1 aromatic rings. The standard InChI is InChI=1S/C19H28BNO5S/c1-6-23-15(22)19(13-24-16-21-11-12-27-16)9-7-14(8-10-19)20-25-17(2,3)18(4,5)26-20/h7,11-12H,6,8-10,13H2,1-5H3. The molecule has 1 fully saturated rings. The van der Waals surface area contributed by atoms with Crippen LogP contribution in [0.1, 0.15) is 53.9 Å².